The predicted molar refractivity (Wildman–Crippen MR) is 108 cm³/mol. The second-order valence-electron chi connectivity index (χ2n) is 7.51. The van der Waals surface area contributed by atoms with Crippen molar-refractivity contribution in [2.45, 2.75) is 25.0 Å². The molecule has 0 N–H and O–H groups in total. The van der Waals surface area contributed by atoms with Crippen LogP contribution >= 0.6 is 0 Å². The summed E-state index contributed by atoms with van der Waals surface area (Å²) in [7, 11) is 5.73. The average molecular weight is 367 g/mol. The zero-order valence-corrected chi connectivity index (χ0v) is 16.5. The van der Waals surface area contributed by atoms with Crippen molar-refractivity contribution in [3.63, 3.8) is 0 Å². The van der Waals surface area contributed by atoms with Crippen molar-refractivity contribution in [2.75, 3.05) is 34.3 Å². The number of likely N-dealkylation sites (N-methyl/N-ethyl adjacent to an activating group) is 1. The van der Waals surface area contributed by atoms with Gasteiger partial charge >= 0.3 is 0 Å². The molecule has 0 spiro atoms. The third-order valence-corrected chi connectivity index (χ3v) is 5.53. The smallest absolute Gasteiger partial charge is 0.244 e. The minimum absolute atomic E-state index is 0.0993. The van der Waals surface area contributed by atoms with Crippen LogP contribution in [0.5, 0.6) is 0 Å². The Kier molecular flexibility index (Phi) is 6.64. The van der Waals surface area contributed by atoms with Crippen molar-refractivity contribution in [1.82, 2.24) is 9.80 Å². The molecule has 144 valence electrons. The maximum atomic E-state index is 13.2. The molecule has 4 heteroatoms. The normalized spacial score (nSPS) is 17.7. The first-order chi connectivity index (χ1) is 13.1. The van der Waals surface area contributed by atoms with Crippen molar-refractivity contribution in [1.29, 1.82) is 0 Å². The summed E-state index contributed by atoms with van der Waals surface area (Å²) < 4.78 is 5.81. The molecule has 1 heterocycles. The van der Waals surface area contributed by atoms with E-state index in [2.05, 4.69) is 24.3 Å². The standard InChI is InChI=1S/C23H30N2O2/c1-24(2)21(18-10-6-4-7-11-18)23(26)25-16-14-20(15-17-25)22(27-3)19-12-8-5-9-13-19/h4-13,20-22H,14-17H2,1-3H3. The number of likely N-dealkylation sites (tertiary alicyclic amines) is 1. The fourth-order valence-electron chi connectivity index (χ4n) is 4.14. The van der Waals surface area contributed by atoms with Gasteiger partial charge in [0.05, 0.1) is 6.10 Å². The molecule has 1 fully saturated rings. The van der Waals surface area contributed by atoms with E-state index in [1.165, 1.54) is 5.56 Å². The molecule has 0 aliphatic carbocycles. The number of hydrogen-bond acceptors (Lipinski definition) is 3. The van der Waals surface area contributed by atoms with Crippen LogP contribution in [-0.2, 0) is 9.53 Å². The number of carbonyl (C=O) groups excluding carboxylic acids is 1. The summed E-state index contributed by atoms with van der Waals surface area (Å²) in [4.78, 5) is 17.2. The highest BCUT2D eigenvalue weighted by Crippen LogP contribution is 2.34. The summed E-state index contributed by atoms with van der Waals surface area (Å²) in [6, 6.07) is 20.2. The van der Waals surface area contributed by atoms with Crippen LogP contribution < -0.4 is 0 Å². The Morgan fingerprint density at radius 1 is 0.963 bits per heavy atom. The second-order valence-corrected chi connectivity index (χ2v) is 7.51. The summed E-state index contributed by atoms with van der Waals surface area (Å²) in [5, 5.41) is 0. The Labute approximate surface area is 162 Å². The summed E-state index contributed by atoms with van der Waals surface area (Å²) in [6.07, 6.45) is 2.03. The van der Waals surface area contributed by atoms with E-state index in [0.717, 1.165) is 31.5 Å². The first-order valence-corrected chi connectivity index (χ1v) is 9.69. The number of hydrogen-bond donors (Lipinski definition) is 0. The number of piperidine rings is 1. The summed E-state index contributed by atoms with van der Waals surface area (Å²) >= 11 is 0. The lowest BCUT2D eigenvalue weighted by Crippen LogP contribution is -2.45. The van der Waals surface area contributed by atoms with E-state index >= 15 is 0 Å². The molecule has 1 amide bonds. The number of carbonyl (C=O) groups is 1. The van der Waals surface area contributed by atoms with Gasteiger partial charge in [-0.25, -0.2) is 0 Å². The van der Waals surface area contributed by atoms with Crippen molar-refractivity contribution >= 4 is 5.91 Å². The van der Waals surface area contributed by atoms with Crippen LogP contribution in [0.4, 0.5) is 0 Å². The monoisotopic (exact) mass is 366 g/mol. The van der Waals surface area contributed by atoms with Crippen LogP contribution in [0.15, 0.2) is 60.7 Å². The molecule has 27 heavy (non-hydrogen) atoms. The third-order valence-electron chi connectivity index (χ3n) is 5.53. The zero-order valence-electron chi connectivity index (χ0n) is 16.5. The van der Waals surface area contributed by atoms with Crippen LogP contribution in [0, 0.1) is 5.92 Å². The predicted octanol–water partition coefficient (Wildman–Crippen LogP) is 3.92. The lowest BCUT2D eigenvalue weighted by Gasteiger charge is -2.38. The molecule has 2 aromatic rings. The van der Waals surface area contributed by atoms with Gasteiger partial charge in [-0.1, -0.05) is 60.7 Å². The van der Waals surface area contributed by atoms with Crippen LogP contribution in [0.2, 0.25) is 0 Å². The zero-order chi connectivity index (χ0) is 19.2. The van der Waals surface area contributed by atoms with E-state index in [1.807, 2.05) is 60.3 Å². The fraction of sp³-hybridized carbons (Fsp3) is 0.435. The number of methoxy groups -OCH3 is 1. The molecule has 0 radical (unpaired) electrons. The SMILES string of the molecule is COC(c1ccccc1)C1CCN(C(=O)C(c2ccccc2)N(C)C)CC1. The van der Waals surface area contributed by atoms with Gasteiger partial charge in [-0.2, -0.15) is 0 Å². The molecule has 2 aromatic carbocycles. The number of amides is 1. The highest BCUT2D eigenvalue weighted by atomic mass is 16.5. The van der Waals surface area contributed by atoms with Gasteiger partial charge in [0.2, 0.25) is 5.91 Å². The van der Waals surface area contributed by atoms with E-state index in [9.17, 15) is 4.79 Å². The maximum absolute atomic E-state index is 13.2. The Hall–Kier alpha value is -2.17. The molecule has 0 saturated carbocycles. The molecule has 0 aromatic heterocycles. The van der Waals surface area contributed by atoms with Gasteiger partial charge in [0.25, 0.3) is 0 Å². The molecular formula is C23H30N2O2. The van der Waals surface area contributed by atoms with Gasteiger partial charge in [-0.3, -0.25) is 9.69 Å². The Morgan fingerprint density at radius 3 is 1.96 bits per heavy atom. The Bertz CT molecular complexity index is 710. The van der Waals surface area contributed by atoms with E-state index < -0.39 is 0 Å². The number of nitrogens with zero attached hydrogens (tertiary/aromatic N) is 2. The fourth-order valence-corrected chi connectivity index (χ4v) is 4.14. The summed E-state index contributed by atoms with van der Waals surface area (Å²) in [5.41, 5.74) is 2.27. The topological polar surface area (TPSA) is 32.8 Å². The highest BCUT2D eigenvalue weighted by Gasteiger charge is 2.33. The molecule has 2 unspecified atom stereocenters. The minimum Gasteiger partial charge on any atom is -0.376 e. The molecular weight excluding hydrogens is 336 g/mol. The van der Waals surface area contributed by atoms with E-state index in [1.54, 1.807) is 7.11 Å². The lowest BCUT2D eigenvalue weighted by molar-refractivity contribution is -0.138. The molecule has 1 saturated heterocycles. The quantitative estimate of drug-likeness (QED) is 0.777. The Morgan fingerprint density at radius 2 is 1.48 bits per heavy atom. The Balaban J connectivity index is 1.66. The van der Waals surface area contributed by atoms with Gasteiger partial charge in [-0.15, -0.1) is 0 Å². The minimum atomic E-state index is -0.227. The van der Waals surface area contributed by atoms with Crippen molar-refractivity contribution in [3.8, 4) is 0 Å². The average Bonchev–Trinajstić information content (AvgIpc) is 2.70. The van der Waals surface area contributed by atoms with Gasteiger partial charge in [0.15, 0.2) is 0 Å². The largest absolute Gasteiger partial charge is 0.376 e. The van der Waals surface area contributed by atoms with Crippen LogP contribution in [0.1, 0.15) is 36.1 Å². The maximum Gasteiger partial charge on any atom is 0.244 e. The van der Waals surface area contributed by atoms with E-state index in [-0.39, 0.29) is 18.1 Å². The number of ether oxygens (including phenoxy) is 1. The lowest BCUT2D eigenvalue weighted by atomic mass is 9.87. The third kappa shape index (κ3) is 4.57. The molecule has 4 nitrogen and oxygen atoms in total. The van der Waals surface area contributed by atoms with Gasteiger partial charge in [0.1, 0.15) is 6.04 Å². The molecule has 1 aliphatic rings. The first kappa shape index (κ1) is 19.6. The van der Waals surface area contributed by atoms with E-state index in [4.69, 9.17) is 4.74 Å². The number of benzene rings is 2. The highest BCUT2D eigenvalue weighted by molar-refractivity contribution is 5.83. The van der Waals surface area contributed by atoms with Gasteiger partial charge in [-0.05, 0) is 44.0 Å². The van der Waals surface area contributed by atoms with Crippen LogP contribution in [-0.4, -0.2) is 50.0 Å². The molecule has 2 atom stereocenters. The molecule has 3 rings (SSSR count). The number of rotatable bonds is 6. The van der Waals surface area contributed by atoms with Crippen molar-refractivity contribution < 1.29 is 9.53 Å². The molecule has 0 bridgehead atoms. The summed E-state index contributed by atoms with van der Waals surface area (Å²) in [5.74, 6) is 0.634. The second kappa shape index (κ2) is 9.16. The van der Waals surface area contributed by atoms with Gasteiger partial charge in [0, 0.05) is 20.2 Å². The first-order valence-electron chi connectivity index (χ1n) is 9.69. The van der Waals surface area contributed by atoms with Crippen LogP contribution in [0.25, 0.3) is 0 Å². The van der Waals surface area contributed by atoms with E-state index in [0.29, 0.717) is 5.92 Å². The van der Waals surface area contributed by atoms with Crippen molar-refractivity contribution in [3.05, 3.63) is 71.8 Å². The van der Waals surface area contributed by atoms with Gasteiger partial charge < -0.3 is 9.64 Å². The summed E-state index contributed by atoms with van der Waals surface area (Å²) in [6.45, 7) is 1.57. The van der Waals surface area contributed by atoms with Crippen LogP contribution in [0.3, 0.4) is 0 Å². The molecule has 1 aliphatic heterocycles. The van der Waals surface area contributed by atoms with Crippen molar-refractivity contribution in [2.24, 2.45) is 5.92 Å².